The van der Waals surface area contributed by atoms with Crippen LogP contribution in [-0.2, 0) is 9.53 Å². The van der Waals surface area contributed by atoms with Gasteiger partial charge in [-0.05, 0) is 25.0 Å². The van der Waals surface area contributed by atoms with Crippen LogP contribution >= 0.6 is 11.8 Å². The highest BCUT2D eigenvalue weighted by Crippen LogP contribution is 2.26. The molecule has 0 aliphatic carbocycles. The number of amides is 1. The molecule has 2 fully saturated rings. The highest BCUT2D eigenvalue weighted by Gasteiger charge is 2.32. The van der Waals surface area contributed by atoms with E-state index in [1.165, 1.54) is 0 Å². The van der Waals surface area contributed by atoms with Crippen molar-refractivity contribution in [3.63, 3.8) is 0 Å². The van der Waals surface area contributed by atoms with Crippen molar-refractivity contribution in [1.29, 1.82) is 0 Å². The fourth-order valence-corrected chi connectivity index (χ4v) is 4.16. The number of nitrogens with zero attached hydrogens (tertiary/aromatic N) is 2. The van der Waals surface area contributed by atoms with E-state index in [0.717, 1.165) is 49.8 Å². The first-order chi connectivity index (χ1) is 11.1. The lowest BCUT2D eigenvalue weighted by atomic mass is 10.0. The molecule has 0 saturated carbocycles. The lowest BCUT2D eigenvalue weighted by Gasteiger charge is -2.33. The summed E-state index contributed by atoms with van der Waals surface area (Å²) < 4.78 is 4.89. The van der Waals surface area contributed by atoms with Gasteiger partial charge in [0.15, 0.2) is 5.96 Å². The second-order valence-electron chi connectivity index (χ2n) is 6.19. The molecular formula is C15H28N4O3S. The Morgan fingerprint density at radius 3 is 2.78 bits per heavy atom. The SMILES string of the molecule is CN=C(NCC1(O)CCSC1)NC1CCN(C(=O)COC)CC1. The Morgan fingerprint density at radius 1 is 1.48 bits per heavy atom. The van der Waals surface area contributed by atoms with Crippen LogP contribution in [0.25, 0.3) is 0 Å². The van der Waals surface area contributed by atoms with E-state index in [-0.39, 0.29) is 12.5 Å². The van der Waals surface area contributed by atoms with E-state index in [1.54, 1.807) is 25.9 Å². The molecule has 1 amide bonds. The van der Waals surface area contributed by atoms with Crippen LogP contribution in [0.15, 0.2) is 4.99 Å². The molecule has 8 heteroatoms. The van der Waals surface area contributed by atoms with Gasteiger partial charge in [-0.3, -0.25) is 9.79 Å². The van der Waals surface area contributed by atoms with Gasteiger partial charge in [-0.15, -0.1) is 0 Å². The fourth-order valence-electron chi connectivity index (χ4n) is 2.86. The molecule has 0 radical (unpaired) electrons. The van der Waals surface area contributed by atoms with Crippen molar-refractivity contribution >= 4 is 23.6 Å². The topological polar surface area (TPSA) is 86.2 Å². The van der Waals surface area contributed by atoms with E-state index >= 15 is 0 Å². The molecule has 0 spiro atoms. The zero-order valence-electron chi connectivity index (χ0n) is 14.0. The maximum atomic E-state index is 11.8. The summed E-state index contributed by atoms with van der Waals surface area (Å²) in [5.41, 5.74) is -0.627. The Balaban J connectivity index is 1.72. The molecule has 132 valence electrons. The third kappa shape index (κ3) is 5.54. The molecule has 23 heavy (non-hydrogen) atoms. The Bertz CT molecular complexity index is 419. The largest absolute Gasteiger partial charge is 0.387 e. The van der Waals surface area contributed by atoms with Gasteiger partial charge >= 0.3 is 0 Å². The van der Waals surface area contributed by atoms with Crippen LogP contribution in [0.3, 0.4) is 0 Å². The molecule has 7 nitrogen and oxygen atoms in total. The minimum absolute atomic E-state index is 0.0504. The minimum atomic E-state index is -0.627. The predicted octanol–water partition coefficient (Wildman–Crippen LogP) is -0.343. The smallest absolute Gasteiger partial charge is 0.248 e. The summed E-state index contributed by atoms with van der Waals surface area (Å²) in [5, 5.41) is 17.0. The van der Waals surface area contributed by atoms with Crippen LogP contribution in [0.5, 0.6) is 0 Å². The van der Waals surface area contributed by atoms with Crippen LogP contribution in [0.1, 0.15) is 19.3 Å². The number of aliphatic imine (C=N–C) groups is 1. The Kier molecular flexibility index (Phi) is 6.98. The summed E-state index contributed by atoms with van der Waals surface area (Å²) in [5.74, 6) is 2.56. The fraction of sp³-hybridized carbons (Fsp3) is 0.867. The van der Waals surface area contributed by atoms with Crippen LogP contribution in [-0.4, -0.2) is 85.4 Å². The molecule has 1 atom stereocenters. The van der Waals surface area contributed by atoms with Gasteiger partial charge in [-0.2, -0.15) is 11.8 Å². The first-order valence-electron chi connectivity index (χ1n) is 8.10. The summed E-state index contributed by atoms with van der Waals surface area (Å²) in [6.45, 7) is 2.14. The van der Waals surface area contributed by atoms with E-state index in [1.807, 2.05) is 4.90 Å². The Labute approximate surface area is 142 Å². The number of rotatable bonds is 5. The molecule has 0 aromatic rings. The summed E-state index contributed by atoms with van der Waals surface area (Å²) in [4.78, 5) is 17.9. The number of hydrogen-bond donors (Lipinski definition) is 3. The highest BCUT2D eigenvalue weighted by molar-refractivity contribution is 7.99. The highest BCUT2D eigenvalue weighted by atomic mass is 32.2. The summed E-state index contributed by atoms with van der Waals surface area (Å²) in [6, 6.07) is 0.292. The van der Waals surface area contributed by atoms with E-state index in [4.69, 9.17) is 4.74 Å². The number of methoxy groups -OCH3 is 1. The van der Waals surface area contributed by atoms with Crippen molar-refractivity contribution in [3.8, 4) is 0 Å². The maximum absolute atomic E-state index is 11.8. The van der Waals surface area contributed by atoms with Crippen LogP contribution in [0, 0.1) is 0 Å². The monoisotopic (exact) mass is 344 g/mol. The van der Waals surface area contributed by atoms with E-state index in [9.17, 15) is 9.90 Å². The van der Waals surface area contributed by atoms with Crippen LogP contribution in [0.4, 0.5) is 0 Å². The second-order valence-corrected chi connectivity index (χ2v) is 7.29. The Hall–Kier alpha value is -0.990. The first-order valence-corrected chi connectivity index (χ1v) is 9.26. The number of nitrogens with one attached hydrogen (secondary N) is 2. The van der Waals surface area contributed by atoms with E-state index in [2.05, 4.69) is 15.6 Å². The molecule has 0 aromatic heterocycles. The maximum Gasteiger partial charge on any atom is 0.248 e. The number of thioether (sulfide) groups is 1. The molecular weight excluding hydrogens is 316 g/mol. The molecule has 2 aliphatic heterocycles. The molecule has 2 saturated heterocycles. The van der Waals surface area contributed by atoms with Crippen molar-refractivity contribution in [2.75, 3.05) is 51.9 Å². The van der Waals surface area contributed by atoms with E-state index < -0.39 is 5.60 Å². The van der Waals surface area contributed by atoms with E-state index in [0.29, 0.717) is 12.6 Å². The number of ether oxygens (including phenoxy) is 1. The zero-order chi connectivity index (χ0) is 16.7. The van der Waals surface area contributed by atoms with Gasteiger partial charge in [0.2, 0.25) is 5.91 Å². The summed E-state index contributed by atoms with van der Waals surface area (Å²) in [7, 11) is 3.28. The van der Waals surface area contributed by atoms with Gasteiger partial charge in [-0.25, -0.2) is 0 Å². The molecule has 1 unspecified atom stereocenters. The lowest BCUT2D eigenvalue weighted by molar-refractivity contribution is -0.136. The molecule has 0 bridgehead atoms. The third-order valence-corrected chi connectivity index (χ3v) is 5.58. The number of hydrogen-bond acceptors (Lipinski definition) is 5. The number of likely N-dealkylation sites (tertiary alicyclic amines) is 1. The second kappa shape index (κ2) is 8.75. The molecule has 2 heterocycles. The number of carbonyl (C=O) groups is 1. The van der Waals surface area contributed by atoms with Gasteiger partial charge in [0.05, 0.1) is 5.60 Å². The first kappa shape index (κ1) is 18.4. The van der Waals surface area contributed by atoms with Crippen LogP contribution < -0.4 is 10.6 Å². The summed E-state index contributed by atoms with van der Waals surface area (Å²) >= 11 is 1.78. The third-order valence-electron chi connectivity index (χ3n) is 4.35. The predicted molar refractivity (Wildman–Crippen MR) is 92.9 cm³/mol. The van der Waals surface area contributed by atoms with Gasteiger partial charge in [0.25, 0.3) is 0 Å². The quantitative estimate of drug-likeness (QED) is 0.467. The normalized spacial score (nSPS) is 26.4. The standard InChI is InChI=1S/C15H28N4O3S/c1-16-14(17-10-15(21)5-8-23-11-15)18-12-3-6-19(7-4-12)13(20)9-22-2/h12,21H,3-11H2,1-2H3,(H2,16,17,18). The Morgan fingerprint density at radius 2 is 2.22 bits per heavy atom. The average Bonchev–Trinajstić information content (AvgIpc) is 2.99. The zero-order valence-corrected chi connectivity index (χ0v) is 14.8. The van der Waals surface area contributed by atoms with Gasteiger partial charge < -0.3 is 25.4 Å². The van der Waals surface area contributed by atoms with Gasteiger partial charge in [0, 0.05) is 45.6 Å². The van der Waals surface area contributed by atoms with Crippen molar-refractivity contribution in [2.45, 2.75) is 30.9 Å². The van der Waals surface area contributed by atoms with Crippen molar-refractivity contribution in [3.05, 3.63) is 0 Å². The average molecular weight is 344 g/mol. The van der Waals surface area contributed by atoms with Crippen LogP contribution in [0.2, 0.25) is 0 Å². The molecule has 2 aliphatic rings. The minimum Gasteiger partial charge on any atom is -0.387 e. The molecule has 3 N–H and O–H groups in total. The number of carbonyl (C=O) groups excluding carboxylic acids is 1. The summed E-state index contributed by atoms with van der Waals surface area (Å²) in [6.07, 6.45) is 2.59. The van der Waals surface area contributed by atoms with Crippen molar-refractivity contribution < 1.29 is 14.6 Å². The number of guanidine groups is 1. The van der Waals surface area contributed by atoms with Crippen molar-refractivity contribution in [2.24, 2.45) is 4.99 Å². The lowest BCUT2D eigenvalue weighted by Crippen LogP contribution is -2.52. The number of aliphatic hydroxyl groups is 1. The molecule has 2 rings (SSSR count). The van der Waals surface area contributed by atoms with Gasteiger partial charge in [-0.1, -0.05) is 0 Å². The number of piperidine rings is 1. The molecule has 0 aromatic carbocycles. The van der Waals surface area contributed by atoms with Gasteiger partial charge in [0.1, 0.15) is 6.61 Å². The van der Waals surface area contributed by atoms with Crippen molar-refractivity contribution in [1.82, 2.24) is 15.5 Å².